The molecule has 1 amide bonds. The van der Waals surface area contributed by atoms with Gasteiger partial charge in [-0.2, -0.15) is 9.94 Å². The summed E-state index contributed by atoms with van der Waals surface area (Å²) in [6, 6.07) is 19.7. The lowest BCUT2D eigenvalue weighted by Gasteiger charge is -2.17. The summed E-state index contributed by atoms with van der Waals surface area (Å²) in [6.45, 7) is 2.42. The number of para-hydroxylation sites is 3. The summed E-state index contributed by atoms with van der Waals surface area (Å²) in [5, 5.41) is 25.5. The molecule has 5 rings (SSSR count). The van der Waals surface area contributed by atoms with E-state index in [1.54, 1.807) is 4.68 Å². The lowest BCUT2D eigenvalue weighted by Crippen LogP contribution is -2.18. The minimum absolute atomic E-state index is 0.0761. The molecule has 2 aromatic heterocycles. The Morgan fingerprint density at radius 1 is 1.14 bits per heavy atom. The molecule has 36 heavy (non-hydrogen) atoms. The number of nitrogens with one attached hydrogen (secondary N) is 1. The second-order valence-corrected chi connectivity index (χ2v) is 9.19. The van der Waals surface area contributed by atoms with Gasteiger partial charge in [0.15, 0.2) is 0 Å². The van der Waals surface area contributed by atoms with E-state index in [1.807, 2.05) is 66.1 Å². The third-order valence-corrected chi connectivity index (χ3v) is 6.94. The third kappa shape index (κ3) is 4.57. The molecule has 0 radical (unpaired) electrons. The molecule has 0 atom stereocenters. The first-order valence-electron chi connectivity index (χ1n) is 11.9. The highest BCUT2D eigenvalue weighted by Gasteiger charge is 2.27. The van der Waals surface area contributed by atoms with Crippen molar-refractivity contribution in [2.75, 3.05) is 17.7 Å². The molecule has 9 nitrogen and oxygen atoms in total. The van der Waals surface area contributed by atoms with Gasteiger partial charge in [0.05, 0.1) is 17.9 Å². The number of rotatable bonds is 8. The molecule has 0 bridgehead atoms. The summed E-state index contributed by atoms with van der Waals surface area (Å²) >= 11 is 1.22. The number of aromatic nitrogens is 5. The van der Waals surface area contributed by atoms with E-state index in [1.165, 1.54) is 11.8 Å². The van der Waals surface area contributed by atoms with E-state index in [4.69, 9.17) is 4.74 Å². The van der Waals surface area contributed by atoms with Gasteiger partial charge in [-0.3, -0.25) is 9.36 Å². The minimum Gasteiger partial charge on any atom is -0.492 e. The summed E-state index contributed by atoms with van der Waals surface area (Å²) < 4.78 is 9.29. The van der Waals surface area contributed by atoms with Gasteiger partial charge in [-0.15, -0.1) is 5.10 Å². The zero-order valence-corrected chi connectivity index (χ0v) is 20.7. The van der Waals surface area contributed by atoms with Crippen LogP contribution in [-0.4, -0.2) is 43.0 Å². The van der Waals surface area contributed by atoms with Crippen LogP contribution in [0, 0.1) is 11.3 Å². The van der Waals surface area contributed by atoms with Crippen molar-refractivity contribution in [2.24, 2.45) is 0 Å². The molecule has 4 aromatic rings. The number of anilines is 1. The first kappa shape index (κ1) is 23.6. The van der Waals surface area contributed by atoms with E-state index in [0.717, 1.165) is 42.6 Å². The number of thioether (sulfide) groups is 1. The van der Waals surface area contributed by atoms with Crippen molar-refractivity contribution >= 4 is 23.5 Å². The number of nitrogens with zero attached hydrogens (tertiary/aromatic N) is 6. The Balaban J connectivity index is 1.40. The number of hydrogen-bond donors (Lipinski definition) is 1. The fourth-order valence-electron chi connectivity index (χ4n) is 4.52. The van der Waals surface area contributed by atoms with Crippen LogP contribution in [0.1, 0.15) is 36.6 Å². The lowest BCUT2D eigenvalue weighted by atomic mass is 9.95. The normalized spacial score (nSPS) is 12.6. The van der Waals surface area contributed by atoms with Crippen molar-refractivity contribution in [2.45, 2.75) is 37.8 Å². The van der Waals surface area contributed by atoms with Gasteiger partial charge in [-0.25, -0.2) is 0 Å². The zero-order chi connectivity index (χ0) is 24.9. The SMILES string of the molecule is CCOc1ccccc1-n1nnnc1SCC(=O)Nc1c(C#N)c2c(n1-c1ccccc1)CCCC2. The molecule has 0 unspecified atom stereocenters. The van der Waals surface area contributed by atoms with E-state index >= 15 is 0 Å². The topological polar surface area (TPSA) is 111 Å². The molecule has 0 spiro atoms. The van der Waals surface area contributed by atoms with Gasteiger partial charge in [0.2, 0.25) is 11.1 Å². The fraction of sp³-hybridized carbons (Fsp3) is 0.269. The first-order valence-corrected chi connectivity index (χ1v) is 12.8. The van der Waals surface area contributed by atoms with Crippen LogP contribution >= 0.6 is 11.8 Å². The summed E-state index contributed by atoms with van der Waals surface area (Å²) in [6.07, 6.45) is 3.81. The van der Waals surface area contributed by atoms with Gasteiger partial charge < -0.3 is 10.1 Å². The maximum Gasteiger partial charge on any atom is 0.236 e. The largest absolute Gasteiger partial charge is 0.492 e. The number of nitriles is 1. The van der Waals surface area contributed by atoms with Crippen LogP contribution in [0.3, 0.4) is 0 Å². The number of carbonyl (C=O) groups is 1. The van der Waals surface area contributed by atoms with E-state index in [2.05, 4.69) is 26.9 Å². The predicted octanol–water partition coefficient (Wildman–Crippen LogP) is 4.33. The van der Waals surface area contributed by atoms with Gasteiger partial charge in [-0.05, 0) is 72.9 Å². The van der Waals surface area contributed by atoms with Gasteiger partial charge in [0.25, 0.3) is 0 Å². The van der Waals surface area contributed by atoms with Crippen LogP contribution in [0.15, 0.2) is 59.8 Å². The van der Waals surface area contributed by atoms with Crippen molar-refractivity contribution in [3.63, 3.8) is 0 Å². The molecule has 1 N–H and O–H groups in total. The molecule has 0 saturated heterocycles. The van der Waals surface area contributed by atoms with Crippen LogP contribution in [0.2, 0.25) is 0 Å². The number of hydrogen-bond acceptors (Lipinski definition) is 7. The summed E-state index contributed by atoms with van der Waals surface area (Å²) in [7, 11) is 0. The maximum atomic E-state index is 13.1. The molecule has 0 aliphatic heterocycles. The standard InChI is InChI=1S/C26H25N7O2S/c1-2-35-23-15-9-8-14-22(23)33-26(29-30-31-33)36-17-24(34)28-25-20(16-27)19-12-6-7-13-21(19)32(25)18-10-4-3-5-11-18/h3-5,8-11,14-15H,2,6-7,12-13,17H2,1H3,(H,28,34). The van der Waals surface area contributed by atoms with Crippen LogP contribution < -0.4 is 10.1 Å². The molecule has 0 fully saturated rings. The molecular weight excluding hydrogens is 474 g/mol. The van der Waals surface area contributed by atoms with Crippen molar-refractivity contribution in [1.82, 2.24) is 24.8 Å². The number of amides is 1. The predicted molar refractivity (Wildman–Crippen MR) is 137 cm³/mol. The number of tetrazole rings is 1. The van der Waals surface area contributed by atoms with E-state index in [0.29, 0.717) is 34.6 Å². The van der Waals surface area contributed by atoms with Crippen LogP contribution in [0.4, 0.5) is 5.82 Å². The van der Waals surface area contributed by atoms with E-state index in [9.17, 15) is 10.1 Å². The average molecular weight is 500 g/mol. The molecule has 1 aliphatic rings. The average Bonchev–Trinajstić information content (AvgIpc) is 3.50. The van der Waals surface area contributed by atoms with E-state index in [-0.39, 0.29) is 11.7 Å². The highest BCUT2D eigenvalue weighted by Crippen LogP contribution is 2.36. The minimum atomic E-state index is -0.240. The second-order valence-electron chi connectivity index (χ2n) is 8.25. The Hall–Kier alpha value is -4.10. The van der Waals surface area contributed by atoms with Crippen LogP contribution in [-0.2, 0) is 17.6 Å². The fourth-order valence-corrected chi connectivity index (χ4v) is 5.21. The van der Waals surface area contributed by atoms with Crippen LogP contribution in [0.25, 0.3) is 11.4 Å². The van der Waals surface area contributed by atoms with Crippen molar-refractivity contribution in [1.29, 1.82) is 5.26 Å². The van der Waals surface area contributed by atoms with Crippen LogP contribution in [0.5, 0.6) is 5.75 Å². The molecule has 2 heterocycles. The summed E-state index contributed by atoms with van der Waals surface area (Å²) in [4.78, 5) is 13.1. The maximum absolute atomic E-state index is 13.1. The van der Waals surface area contributed by atoms with Crippen molar-refractivity contribution in [3.8, 4) is 23.2 Å². The molecule has 1 aliphatic carbocycles. The quantitative estimate of drug-likeness (QED) is 0.359. The Bertz CT molecular complexity index is 1420. The smallest absolute Gasteiger partial charge is 0.236 e. The zero-order valence-electron chi connectivity index (χ0n) is 19.8. The van der Waals surface area contributed by atoms with Gasteiger partial charge >= 0.3 is 0 Å². The highest BCUT2D eigenvalue weighted by molar-refractivity contribution is 7.99. The van der Waals surface area contributed by atoms with Gasteiger partial charge in [0, 0.05) is 11.4 Å². The Kier molecular flexibility index (Phi) is 7.00. The second kappa shape index (κ2) is 10.7. The molecular formula is C26H25N7O2S. The first-order chi connectivity index (χ1) is 17.7. The highest BCUT2D eigenvalue weighted by atomic mass is 32.2. The number of fused-ring (bicyclic) bond motifs is 1. The summed E-state index contributed by atoms with van der Waals surface area (Å²) in [5.74, 6) is 1.02. The Morgan fingerprint density at radius 3 is 2.72 bits per heavy atom. The van der Waals surface area contributed by atoms with Gasteiger partial charge in [0.1, 0.15) is 23.3 Å². The Morgan fingerprint density at radius 2 is 1.92 bits per heavy atom. The van der Waals surface area contributed by atoms with Crippen molar-refractivity contribution in [3.05, 3.63) is 71.4 Å². The lowest BCUT2D eigenvalue weighted by molar-refractivity contribution is -0.113. The molecule has 0 saturated carbocycles. The third-order valence-electron chi connectivity index (χ3n) is 6.02. The number of carbonyl (C=O) groups excluding carboxylic acids is 1. The van der Waals surface area contributed by atoms with E-state index < -0.39 is 0 Å². The Labute approximate surface area is 213 Å². The number of ether oxygens (including phenoxy) is 1. The van der Waals surface area contributed by atoms with Gasteiger partial charge in [-0.1, -0.05) is 42.1 Å². The molecule has 182 valence electrons. The monoisotopic (exact) mass is 499 g/mol. The van der Waals surface area contributed by atoms with Crippen molar-refractivity contribution < 1.29 is 9.53 Å². The molecule has 10 heteroatoms. The number of benzene rings is 2. The summed E-state index contributed by atoms with van der Waals surface area (Å²) in [5.41, 5.74) is 4.30. The molecule has 2 aromatic carbocycles.